The Bertz CT molecular complexity index is 878. The fourth-order valence-electron chi connectivity index (χ4n) is 2.72. The van der Waals surface area contributed by atoms with Gasteiger partial charge in [0.05, 0.1) is 12.5 Å². The van der Waals surface area contributed by atoms with Crippen LogP contribution in [0.2, 0.25) is 0 Å². The van der Waals surface area contributed by atoms with Crippen molar-refractivity contribution in [1.82, 2.24) is 16.0 Å². The number of carbonyl (C=O) groups is 8. The summed E-state index contributed by atoms with van der Waals surface area (Å²) in [6, 6.07) is -6.26. The van der Waals surface area contributed by atoms with Gasteiger partial charge in [-0.1, -0.05) is 0 Å². The Morgan fingerprint density at radius 1 is 0.583 bits per heavy atom. The molecule has 5 amide bonds. The van der Waals surface area contributed by atoms with E-state index in [9.17, 15) is 43.5 Å². The second-order valence-corrected chi connectivity index (χ2v) is 7.67. The molecular formula is C19H30N6O11. The summed E-state index contributed by atoms with van der Waals surface area (Å²) in [6.07, 6.45) is -3.40. The number of primary amides is 2. The van der Waals surface area contributed by atoms with Crippen molar-refractivity contribution >= 4 is 47.4 Å². The Hall–Kier alpha value is -4.28. The Morgan fingerprint density at radius 3 is 1.50 bits per heavy atom. The van der Waals surface area contributed by atoms with E-state index in [1.807, 2.05) is 5.32 Å². The van der Waals surface area contributed by atoms with Gasteiger partial charge in [-0.25, -0.2) is 4.79 Å². The monoisotopic (exact) mass is 518 g/mol. The van der Waals surface area contributed by atoms with Crippen LogP contribution >= 0.6 is 0 Å². The lowest BCUT2D eigenvalue weighted by atomic mass is 10.1. The lowest BCUT2D eigenvalue weighted by molar-refractivity contribution is -0.143. The fraction of sp³-hybridized carbons (Fsp3) is 0.579. The molecule has 0 aliphatic heterocycles. The maximum Gasteiger partial charge on any atom is 0.326 e. The SMILES string of the molecule is NC(=O)CCC(NC(=O)C(CC(N)=O)NC(=O)C(CCC(=O)O)NC(=O)C(N)CCC(=O)O)C(=O)O. The normalized spacial score (nSPS) is 13.8. The number of carbonyl (C=O) groups excluding carboxylic acids is 5. The predicted octanol–water partition coefficient (Wildman–Crippen LogP) is -4.28. The van der Waals surface area contributed by atoms with Crippen molar-refractivity contribution in [1.29, 1.82) is 0 Å². The van der Waals surface area contributed by atoms with Crippen LogP contribution < -0.4 is 33.2 Å². The van der Waals surface area contributed by atoms with E-state index in [0.717, 1.165) is 0 Å². The first-order valence-corrected chi connectivity index (χ1v) is 10.5. The molecule has 0 aliphatic rings. The van der Waals surface area contributed by atoms with E-state index < -0.39 is 104 Å². The molecule has 36 heavy (non-hydrogen) atoms. The molecule has 0 aromatic heterocycles. The van der Waals surface area contributed by atoms with E-state index in [-0.39, 0.29) is 12.8 Å². The van der Waals surface area contributed by atoms with E-state index in [0.29, 0.717) is 0 Å². The molecule has 202 valence electrons. The first-order chi connectivity index (χ1) is 16.6. The minimum absolute atomic E-state index is 0.289. The largest absolute Gasteiger partial charge is 0.481 e. The molecule has 0 heterocycles. The zero-order chi connectivity index (χ0) is 28.0. The number of rotatable bonds is 18. The zero-order valence-electron chi connectivity index (χ0n) is 19.1. The van der Waals surface area contributed by atoms with E-state index in [1.54, 1.807) is 0 Å². The van der Waals surface area contributed by atoms with Crippen LogP contribution in [0.3, 0.4) is 0 Å². The third-order valence-corrected chi connectivity index (χ3v) is 4.62. The Kier molecular flexibility index (Phi) is 13.7. The van der Waals surface area contributed by atoms with Crippen molar-refractivity contribution in [2.75, 3.05) is 0 Å². The average molecular weight is 518 g/mol. The second kappa shape index (κ2) is 15.6. The topological polar surface area (TPSA) is 311 Å². The fourth-order valence-corrected chi connectivity index (χ4v) is 2.72. The van der Waals surface area contributed by atoms with Crippen molar-refractivity contribution in [2.45, 2.75) is 69.1 Å². The number of hydrogen-bond donors (Lipinski definition) is 9. The van der Waals surface area contributed by atoms with Gasteiger partial charge in [-0.15, -0.1) is 0 Å². The summed E-state index contributed by atoms with van der Waals surface area (Å²) in [5, 5.41) is 33.1. The summed E-state index contributed by atoms with van der Waals surface area (Å²) >= 11 is 0. The van der Waals surface area contributed by atoms with Gasteiger partial charge in [0.15, 0.2) is 0 Å². The van der Waals surface area contributed by atoms with Crippen molar-refractivity contribution < 1.29 is 53.7 Å². The number of nitrogens with two attached hydrogens (primary N) is 3. The number of carboxylic acid groups (broad SMARTS) is 3. The third kappa shape index (κ3) is 13.4. The van der Waals surface area contributed by atoms with Crippen LogP contribution in [0.25, 0.3) is 0 Å². The maximum absolute atomic E-state index is 12.7. The van der Waals surface area contributed by atoms with Crippen LogP contribution in [0.15, 0.2) is 0 Å². The summed E-state index contributed by atoms with van der Waals surface area (Å²) in [4.78, 5) is 92.8. The van der Waals surface area contributed by atoms with E-state index in [1.165, 1.54) is 0 Å². The zero-order valence-corrected chi connectivity index (χ0v) is 19.1. The molecule has 0 fully saturated rings. The molecule has 0 spiro atoms. The second-order valence-electron chi connectivity index (χ2n) is 7.67. The van der Waals surface area contributed by atoms with Crippen LogP contribution in [0.1, 0.15) is 44.9 Å². The van der Waals surface area contributed by atoms with Crippen LogP contribution in [-0.4, -0.2) is 86.9 Å². The minimum atomic E-state index is -1.73. The van der Waals surface area contributed by atoms with Crippen LogP contribution in [0, 0.1) is 0 Å². The van der Waals surface area contributed by atoms with Gasteiger partial charge in [0.1, 0.15) is 18.1 Å². The molecule has 4 atom stereocenters. The molecular weight excluding hydrogens is 488 g/mol. The predicted molar refractivity (Wildman–Crippen MR) is 117 cm³/mol. The molecule has 0 aromatic carbocycles. The summed E-state index contributed by atoms with van der Waals surface area (Å²) in [5.74, 6) is -9.26. The molecule has 0 aliphatic carbocycles. The van der Waals surface area contributed by atoms with Crippen LogP contribution in [0.5, 0.6) is 0 Å². The molecule has 0 rings (SSSR count). The Labute approximate surface area is 204 Å². The van der Waals surface area contributed by atoms with Gasteiger partial charge in [0.2, 0.25) is 29.5 Å². The number of amides is 5. The van der Waals surface area contributed by atoms with Crippen LogP contribution in [-0.2, 0) is 38.4 Å². The molecule has 17 nitrogen and oxygen atoms in total. The quantitative estimate of drug-likeness (QED) is 0.0832. The van der Waals surface area contributed by atoms with E-state index in [4.69, 9.17) is 27.4 Å². The first kappa shape index (κ1) is 31.7. The van der Waals surface area contributed by atoms with Gasteiger partial charge >= 0.3 is 17.9 Å². The maximum atomic E-state index is 12.7. The molecule has 4 unspecified atom stereocenters. The molecule has 0 saturated carbocycles. The summed E-state index contributed by atoms with van der Waals surface area (Å²) in [6.45, 7) is 0. The molecule has 0 saturated heterocycles. The highest BCUT2D eigenvalue weighted by Gasteiger charge is 2.31. The Morgan fingerprint density at radius 2 is 1.03 bits per heavy atom. The van der Waals surface area contributed by atoms with Gasteiger partial charge in [-0.05, 0) is 19.3 Å². The van der Waals surface area contributed by atoms with Gasteiger partial charge in [0.25, 0.3) is 0 Å². The average Bonchev–Trinajstić information content (AvgIpc) is 2.75. The molecule has 12 N–H and O–H groups in total. The Balaban J connectivity index is 5.58. The van der Waals surface area contributed by atoms with Crippen LogP contribution in [0.4, 0.5) is 0 Å². The number of hydrogen-bond acceptors (Lipinski definition) is 9. The molecule has 0 radical (unpaired) electrons. The highest BCUT2D eigenvalue weighted by Crippen LogP contribution is 2.05. The summed E-state index contributed by atoms with van der Waals surface area (Å²) in [7, 11) is 0. The van der Waals surface area contributed by atoms with E-state index >= 15 is 0 Å². The smallest absolute Gasteiger partial charge is 0.326 e. The van der Waals surface area contributed by atoms with Gasteiger partial charge < -0.3 is 48.5 Å². The number of nitrogens with one attached hydrogen (secondary N) is 3. The molecule has 17 heteroatoms. The minimum Gasteiger partial charge on any atom is -0.481 e. The third-order valence-electron chi connectivity index (χ3n) is 4.62. The number of aliphatic carboxylic acids is 3. The highest BCUT2D eigenvalue weighted by molar-refractivity contribution is 5.96. The standard InChI is InChI=1S/C19H30N6O11/c20-8(1-5-14(28)29)16(32)23-9(3-6-15(30)31)17(33)25-11(7-13(22)27)18(34)24-10(19(35)36)2-4-12(21)26/h8-11H,1-7,20H2,(H2,21,26)(H2,22,27)(H,23,32)(H,24,34)(H,25,33)(H,28,29)(H,30,31)(H,35,36). The van der Waals surface area contributed by atoms with Crippen molar-refractivity contribution in [3.63, 3.8) is 0 Å². The summed E-state index contributed by atoms with van der Waals surface area (Å²) in [5.41, 5.74) is 15.6. The van der Waals surface area contributed by atoms with Crippen molar-refractivity contribution in [2.24, 2.45) is 17.2 Å². The first-order valence-electron chi connectivity index (χ1n) is 10.5. The highest BCUT2D eigenvalue weighted by atomic mass is 16.4. The van der Waals surface area contributed by atoms with Gasteiger partial charge in [-0.3, -0.25) is 33.6 Å². The summed E-state index contributed by atoms with van der Waals surface area (Å²) < 4.78 is 0. The number of carboxylic acids is 3. The van der Waals surface area contributed by atoms with Gasteiger partial charge in [0, 0.05) is 19.3 Å². The van der Waals surface area contributed by atoms with Crippen molar-refractivity contribution in [3.05, 3.63) is 0 Å². The lowest BCUT2D eigenvalue weighted by Gasteiger charge is -2.24. The van der Waals surface area contributed by atoms with Gasteiger partial charge in [-0.2, -0.15) is 0 Å². The lowest BCUT2D eigenvalue weighted by Crippen LogP contribution is -2.57. The van der Waals surface area contributed by atoms with Crippen molar-refractivity contribution in [3.8, 4) is 0 Å². The van der Waals surface area contributed by atoms with E-state index in [2.05, 4.69) is 10.6 Å². The molecule has 0 bridgehead atoms. The molecule has 0 aromatic rings.